The van der Waals surface area contributed by atoms with Gasteiger partial charge in [-0.15, -0.1) is 0 Å². The molecule has 2 aromatic rings. The minimum absolute atomic E-state index is 0.0427. The van der Waals surface area contributed by atoms with Crippen molar-refractivity contribution in [2.45, 2.75) is 0 Å². The maximum atomic E-state index is 11.9. The number of amides is 1. The van der Waals surface area contributed by atoms with Crippen LogP contribution in [0.15, 0.2) is 66.7 Å². The van der Waals surface area contributed by atoms with E-state index < -0.39 is 0 Å². The van der Waals surface area contributed by atoms with E-state index in [9.17, 15) is 4.79 Å². The van der Waals surface area contributed by atoms with E-state index in [1.807, 2.05) is 72.8 Å². The van der Waals surface area contributed by atoms with Gasteiger partial charge in [-0.3, -0.25) is 4.79 Å². The molecular formula is C17H13NO. The lowest BCUT2D eigenvalue weighted by atomic mass is 10.1. The first-order valence-corrected chi connectivity index (χ1v) is 6.19. The minimum atomic E-state index is -0.0427. The van der Waals surface area contributed by atoms with Crippen molar-refractivity contribution in [2.75, 3.05) is 5.32 Å². The molecule has 19 heavy (non-hydrogen) atoms. The second-order valence-corrected chi connectivity index (χ2v) is 4.35. The third-order valence-electron chi connectivity index (χ3n) is 3.06. The Labute approximate surface area is 112 Å². The van der Waals surface area contributed by atoms with Crippen LogP contribution in [0.5, 0.6) is 0 Å². The zero-order chi connectivity index (χ0) is 13.1. The smallest absolute Gasteiger partial charge is 0.256 e. The van der Waals surface area contributed by atoms with Gasteiger partial charge in [0, 0.05) is 16.8 Å². The molecule has 0 unspecified atom stereocenters. The SMILES string of the molecule is O=C1Nc2ccccc2/C1=C/C=C/c1ccccc1. The summed E-state index contributed by atoms with van der Waals surface area (Å²) >= 11 is 0. The van der Waals surface area contributed by atoms with E-state index in [2.05, 4.69) is 5.32 Å². The molecule has 1 amide bonds. The Morgan fingerprint density at radius 1 is 0.895 bits per heavy atom. The minimum Gasteiger partial charge on any atom is -0.321 e. The molecule has 0 bridgehead atoms. The molecule has 0 aromatic heterocycles. The molecule has 0 saturated carbocycles. The molecule has 0 spiro atoms. The Morgan fingerprint density at radius 3 is 2.47 bits per heavy atom. The van der Waals surface area contributed by atoms with Gasteiger partial charge in [0.05, 0.1) is 0 Å². The summed E-state index contributed by atoms with van der Waals surface area (Å²) in [4.78, 5) is 11.9. The van der Waals surface area contributed by atoms with Gasteiger partial charge in [-0.05, 0) is 17.7 Å². The van der Waals surface area contributed by atoms with Crippen LogP contribution in [0.4, 0.5) is 5.69 Å². The molecule has 2 aromatic carbocycles. The van der Waals surface area contributed by atoms with Crippen molar-refractivity contribution in [3.05, 3.63) is 77.9 Å². The second-order valence-electron chi connectivity index (χ2n) is 4.35. The number of para-hydroxylation sites is 1. The first-order chi connectivity index (χ1) is 9.34. The van der Waals surface area contributed by atoms with Crippen LogP contribution in [0, 0.1) is 0 Å². The number of fused-ring (bicyclic) bond motifs is 1. The molecule has 1 heterocycles. The van der Waals surface area contributed by atoms with Gasteiger partial charge in [0.15, 0.2) is 0 Å². The Morgan fingerprint density at radius 2 is 1.63 bits per heavy atom. The summed E-state index contributed by atoms with van der Waals surface area (Å²) in [6.07, 6.45) is 5.75. The van der Waals surface area contributed by atoms with Crippen LogP contribution >= 0.6 is 0 Å². The fourth-order valence-corrected chi connectivity index (χ4v) is 2.12. The van der Waals surface area contributed by atoms with E-state index in [0.29, 0.717) is 5.57 Å². The third-order valence-corrected chi connectivity index (χ3v) is 3.06. The number of nitrogens with one attached hydrogen (secondary N) is 1. The summed E-state index contributed by atoms with van der Waals surface area (Å²) in [5, 5.41) is 2.86. The van der Waals surface area contributed by atoms with Crippen LogP contribution in [-0.2, 0) is 4.79 Å². The quantitative estimate of drug-likeness (QED) is 0.805. The average Bonchev–Trinajstić information content (AvgIpc) is 2.76. The Bertz CT molecular complexity index is 669. The molecule has 0 atom stereocenters. The van der Waals surface area contributed by atoms with Crippen molar-refractivity contribution >= 4 is 23.2 Å². The normalized spacial score (nSPS) is 15.8. The molecular weight excluding hydrogens is 234 g/mol. The van der Waals surface area contributed by atoms with Crippen LogP contribution in [0.1, 0.15) is 11.1 Å². The van der Waals surface area contributed by atoms with Gasteiger partial charge in [-0.25, -0.2) is 0 Å². The Hall–Kier alpha value is -2.61. The maximum absolute atomic E-state index is 11.9. The Kier molecular flexibility index (Phi) is 2.99. The van der Waals surface area contributed by atoms with Crippen LogP contribution in [0.3, 0.4) is 0 Å². The fraction of sp³-hybridized carbons (Fsp3) is 0. The lowest BCUT2D eigenvalue weighted by Crippen LogP contribution is -2.03. The zero-order valence-electron chi connectivity index (χ0n) is 10.3. The van der Waals surface area contributed by atoms with Gasteiger partial charge in [0.2, 0.25) is 0 Å². The number of hydrogen-bond donors (Lipinski definition) is 1. The molecule has 2 heteroatoms. The summed E-state index contributed by atoms with van der Waals surface area (Å²) in [5.41, 5.74) is 3.67. The molecule has 92 valence electrons. The van der Waals surface area contributed by atoms with Gasteiger partial charge >= 0.3 is 0 Å². The molecule has 0 aliphatic carbocycles. The van der Waals surface area contributed by atoms with Crippen molar-refractivity contribution in [2.24, 2.45) is 0 Å². The average molecular weight is 247 g/mol. The second kappa shape index (κ2) is 4.94. The monoisotopic (exact) mass is 247 g/mol. The number of allylic oxidation sites excluding steroid dienone is 2. The highest BCUT2D eigenvalue weighted by molar-refractivity contribution is 6.31. The van der Waals surface area contributed by atoms with Crippen LogP contribution < -0.4 is 5.32 Å². The molecule has 3 rings (SSSR count). The number of rotatable bonds is 2. The molecule has 1 aliphatic heterocycles. The van der Waals surface area contributed by atoms with Crippen molar-refractivity contribution < 1.29 is 4.79 Å². The molecule has 0 fully saturated rings. The van der Waals surface area contributed by atoms with E-state index in [-0.39, 0.29) is 5.91 Å². The van der Waals surface area contributed by atoms with E-state index in [4.69, 9.17) is 0 Å². The van der Waals surface area contributed by atoms with Crippen molar-refractivity contribution in [1.29, 1.82) is 0 Å². The highest BCUT2D eigenvalue weighted by Gasteiger charge is 2.22. The molecule has 0 saturated heterocycles. The highest BCUT2D eigenvalue weighted by atomic mass is 16.1. The van der Waals surface area contributed by atoms with E-state index in [1.54, 1.807) is 0 Å². The van der Waals surface area contributed by atoms with Crippen LogP contribution in [-0.4, -0.2) is 5.91 Å². The third kappa shape index (κ3) is 2.33. The predicted molar refractivity (Wildman–Crippen MR) is 78.5 cm³/mol. The van der Waals surface area contributed by atoms with Crippen LogP contribution in [0.2, 0.25) is 0 Å². The lowest BCUT2D eigenvalue weighted by Gasteiger charge is -1.95. The fourth-order valence-electron chi connectivity index (χ4n) is 2.12. The first-order valence-electron chi connectivity index (χ1n) is 6.19. The zero-order valence-corrected chi connectivity index (χ0v) is 10.3. The first kappa shape index (κ1) is 11.5. The molecule has 0 radical (unpaired) electrons. The van der Waals surface area contributed by atoms with Gasteiger partial charge in [0.25, 0.3) is 5.91 Å². The Balaban J connectivity index is 1.89. The molecule has 2 nitrogen and oxygen atoms in total. The van der Waals surface area contributed by atoms with E-state index in [1.165, 1.54) is 0 Å². The highest BCUT2D eigenvalue weighted by Crippen LogP contribution is 2.31. The van der Waals surface area contributed by atoms with Crippen molar-refractivity contribution in [1.82, 2.24) is 0 Å². The topological polar surface area (TPSA) is 29.1 Å². The largest absolute Gasteiger partial charge is 0.321 e. The van der Waals surface area contributed by atoms with Gasteiger partial charge < -0.3 is 5.32 Å². The molecule has 1 aliphatic rings. The summed E-state index contributed by atoms with van der Waals surface area (Å²) in [5.74, 6) is -0.0427. The number of carbonyl (C=O) groups is 1. The number of carbonyl (C=O) groups excluding carboxylic acids is 1. The number of anilines is 1. The van der Waals surface area contributed by atoms with Crippen LogP contribution in [0.25, 0.3) is 11.6 Å². The predicted octanol–water partition coefficient (Wildman–Crippen LogP) is 3.74. The van der Waals surface area contributed by atoms with E-state index in [0.717, 1.165) is 16.8 Å². The lowest BCUT2D eigenvalue weighted by molar-refractivity contribution is -0.110. The number of hydrogen-bond acceptors (Lipinski definition) is 1. The van der Waals surface area contributed by atoms with Crippen molar-refractivity contribution in [3.63, 3.8) is 0 Å². The summed E-state index contributed by atoms with van der Waals surface area (Å²) in [6.45, 7) is 0. The van der Waals surface area contributed by atoms with Gasteiger partial charge in [-0.1, -0.05) is 60.7 Å². The van der Waals surface area contributed by atoms with E-state index >= 15 is 0 Å². The maximum Gasteiger partial charge on any atom is 0.256 e. The number of benzene rings is 2. The summed E-state index contributed by atoms with van der Waals surface area (Å²) in [6, 6.07) is 17.7. The summed E-state index contributed by atoms with van der Waals surface area (Å²) in [7, 11) is 0. The van der Waals surface area contributed by atoms with Gasteiger partial charge in [-0.2, -0.15) is 0 Å². The summed E-state index contributed by atoms with van der Waals surface area (Å²) < 4.78 is 0. The standard InChI is InChI=1S/C17H13NO/c19-17-15(14-10-4-5-12-16(14)18-17)11-6-9-13-7-2-1-3-8-13/h1-12H,(H,18,19)/b9-6+,15-11-. The molecule has 1 N–H and O–H groups in total. The van der Waals surface area contributed by atoms with Gasteiger partial charge in [0.1, 0.15) is 0 Å². The van der Waals surface area contributed by atoms with Crippen molar-refractivity contribution in [3.8, 4) is 0 Å².